The number of esters is 2. The summed E-state index contributed by atoms with van der Waals surface area (Å²) in [5.41, 5.74) is 0. The molecular weight excluding hydrogens is 859 g/mol. The fraction of sp³-hybridized carbons (Fsp3) is 0.787. The molecule has 8 heteroatoms. The van der Waals surface area contributed by atoms with Crippen LogP contribution in [0.15, 0.2) is 60.8 Å². The van der Waals surface area contributed by atoms with Crippen molar-refractivity contribution in [3.63, 3.8) is 0 Å². The molecule has 0 saturated carbocycles. The average molecular weight is 970 g/mol. The van der Waals surface area contributed by atoms with Crippen molar-refractivity contribution in [3.05, 3.63) is 60.8 Å². The molecule has 0 amide bonds. The lowest BCUT2D eigenvalue weighted by Crippen LogP contribution is -2.50. The molecule has 0 radical (unpaired) electrons. The number of aliphatic carboxylic acids is 1. The largest absolute Gasteiger partial charge is 0.477 e. The maximum Gasteiger partial charge on any atom is 0.362 e. The second kappa shape index (κ2) is 51.4. The van der Waals surface area contributed by atoms with Gasteiger partial charge in [-0.3, -0.25) is 9.59 Å². The van der Waals surface area contributed by atoms with Crippen molar-refractivity contribution < 1.29 is 38.2 Å². The number of carboxylic acid groups (broad SMARTS) is 1. The van der Waals surface area contributed by atoms with Crippen LogP contribution in [0.25, 0.3) is 0 Å². The Labute approximate surface area is 426 Å². The lowest BCUT2D eigenvalue weighted by Gasteiger charge is -2.31. The van der Waals surface area contributed by atoms with Crippen LogP contribution in [-0.2, 0) is 28.6 Å². The zero-order valence-corrected chi connectivity index (χ0v) is 45.8. The van der Waals surface area contributed by atoms with Crippen LogP contribution < -0.4 is 0 Å². The molecule has 0 aliphatic rings. The molecular formula is C61H110NO7+. The van der Waals surface area contributed by atoms with Gasteiger partial charge in [-0.25, -0.2) is 4.79 Å². The second-order valence-electron chi connectivity index (χ2n) is 20.5. The Balaban J connectivity index is 4.18. The van der Waals surface area contributed by atoms with Gasteiger partial charge in [-0.2, -0.15) is 0 Å². The highest BCUT2D eigenvalue weighted by molar-refractivity contribution is 5.72. The number of nitrogens with zero attached hydrogens (tertiary/aromatic N) is 1. The molecule has 0 saturated heterocycles. The summed E-state index contributed by atoms with van der Waals surface area (Å²) in [7, 11) is 5.54. The van der Waals surface area contributed by atoms with Crippen LogP contribution in [0, 0.1) is 0 Å². The highest BCUT2D eigenvalue weighted by Crippen LogP contribution is 2.16. The molecule has 0 spiro atoms. The van der Waals surface area contributed by atoms with Gasteiger partial charge >= 0.3 is 17.9 Å². The van der Waals surface area contributed by atoms with Crippen molar-refractivity contribution in [1.82, 2.24) is 0 Å². The molecule has 0 fully saturated rings. The van der Waals surface area contributed by atoms with E-state index in [1.807, 2.05) is 21.1 Å². The molecule has 1 N–H and O–H groups in total. The van der Waals surface area contributed by atoms with Crippen molar-refractivity contribution >= 4 is 17.9 Å². The summed E-state index contributed by atoms with van der Waals surface area (Å²) in [6.07, 6.45) is 65.7. The Bertz CT molecular complexity index is 1310. The van der Waals surface area contributed by atoms with Crippen LogP contribution in [-0.4, -0.2) is 80.6 Å². The number of unbranched alkanes of at least 4 members (excludes halogenated alkanes) is 28. The van der Waals surface area contributed by atoms with Crippen LogP contribution in [0.2, 0.25) is 0 Å². The minimum Gasteiger partial charge on any atom is -0.477 e. The number of quaternary nitrogens is 1. The van der Waals surface area contributed by atoms with E-state index in [2.05, 4.69) is 74.6 Å². The van der Waals surface area contributed by atoms with E-state index in [0.717, 1.165) is 70.6 Å². The van der Waals surface area contributed by atoms with E-state index in [1.54, 1.807) is 0 Å². The zero-order chi connectivity index (χ0) is 50.6. The van der Waals surface area contributed by atoms with E-state index >= 15 is 0 Å². The Morgan fingerprint density at radius 3 is 1.20 bits per heavy atom. The molecule has 0 aliphatic heterocycles. The zero-order valence-electron chi connectivity index (χ0n) is 45.8. The van der Waals surface area contributed by atoms with Gasteiger partial charge in [0.2, 0.25) is 0 Å². The van der Waals surface area contributed by atoms with Gasteiger partial charge in [-0.05, 0) is 77.0 Å². The molecule has 0 aliphatic carbocycles. The number of hydrogen-bond donors (Lipinski definition) is 1. The first-order valence-corrected chi connectivity index (χ1v) is 28.8. The number of carbonyl (C=O) groups is 3. The van der Waals surface area contributed by atoms with Crippen molar-refractivity contribution in [2.75, 3.05) is 41.0 Å². The lowest BCUT2D eigenvalue weighted by molar-refractivity contribution is -0.887. The van der Waals surface area contributed by atoms with Crippen molar-refractivity contribution in [1.29, 1.82) is 0 Å². The molecule has 0 bridgehead atoms. The van der Waals surface area contributed by atoms with Crippen LogP contribution >= 0.6 is 0 Å². The summed E-state index contributed by atoms with van der Waals surface area (Å²) in [5.74, 6) is -1.47. The van der Waals surface area contributed by atoms with Gasteiger partial charge in [0.05, 0.1) is 34.4 Å². The van der Waals surface area contributed by atoms with Crippen molar-refractivity contribution in [3.8, 4) is 0 Å². The number of rotatable bonds is 52. The third-order valence-corrected chi connectivity index (χ3v) is 12.9. The minimum absolute atomic E-state index is 0.0555. The number of carboxylic acids is 1. The Morgan fingerprint density at radius 2 is 0.812 bits per heavy atom. The highest BCUT2D eigenvalue weighted by atomic mass is 16.6. The van der Waals surface area contributed by atoms with Crippen molar-refractivity contribution in [2.24, 2.45) is 0 Å². The maximum absolute atomic E-state index is 12.8. The molecule has 8 nitrogen and oxygen atoms in total. The third-order valence-electron chi connectivity index (χ3n) is 12.9. The van der Waals surface area contributed by atoms with Gasteiger partial charge < -0.3 is 23.8 Å². The second-order valence-corrected chi connectivity index (χ2v) is 20.5. The molecule has 2 atom stereocenters. The Morgan fingerprint density at radius 1 is 0.449 bits per heavy atom. The van der Waals surface area contributed by atoms with E-state index < -0.39 is 18.1 Å². The predicted molar refractivity (Wildman–Crippen MR) is 294 cm³/mol. The molecule has 0 heterocycles. The lowest BCUT2D eigenvalue weighted by atomic mass is 10.0. The minimum atomic E-state index is -0.875. The number of ether oxygens (including phenoxy) is 3. The van der Waals surface area contributed by atoms with Gasteiger partial charge in [0.15, 0.2) is 12.1 Å². The van der Waals surface area contributed by atoms with Crippen LogP contribution in [0.4, 0.5) is 0 Å². The van der Waals surface area contributed by atoms with E-state index in [9.17, 15) is 19.5 Å². The fourth-order valence-electron chi connectivity index (χ4n) is 8.49. The van der Waals surface area contributed by atoms with E-state index in [1.165, 1.54) is 154 Å². The molecule has 0 rings (SSSR count). The number of likely N-dealkylation sites (N-methyl/N-ethyl adjacent to an activating group) is 1. The first-order chi connectivity index (χ1) is 33.6. The summed E-state index contributed by atoms with van der Waals surface area (Å²) in [6, 6.07) is -0.618. The van der Waals surface area contributed by atoms with E-state index in [0.29, 0.717) is 19.3 Å². The maximum atomic E-state index is 12.8. The first-order valence-electron chi connectivity index (χ1n) is 28.8. The summed E-state index contributed by atoms with van der Waals surface area (Å²) in [5, 5.41) is 9.68. The SMILES string of the molecule is CC/C=C/C/C=C/C/C=C/CCCCCCCCCCCCCCCC(=O)OC(COCCC(C(=O)O)[N+](C)(C)C)COC(=O)CCCCCCCCC/C=C/C/C=C/CCCCCCCCCC. The molecule has 400 valence electrons. The van der Waals surface area contributed by atoms with Crippen LogP contribution in [0.1, 0.15) is 258 Å². The molecule has 0 aromatic heterocycles. The standard InChI is InChI=1S/C61H109NO7/c1-6-8-10-12-14-16-18-20-22-24-26-28-30-32-34-36-38-40-42-44-46-48-50-52-60(64)69-57(55-67-54-53-58(61(65)66)62(3,4)5)56-68-59(63)51-49-47-45-43-41-39-37-35-33-31-29-27-25-23-21-19-17-15-13-11-9-7-2/h8,10,14,16,20,22,25,27,31,33,57-58H,6-7,9,11-13,15,17-19,21,23-24,26,28-30,32,34-56H2,1-5H3/p+1/b10-8+,16-14+,22-20+,27-25+,33-31+. The molecule has 0 aromatic carbocycles. The van der Waals surface area contributed by atoms with Gasteiger partial charge in [0.1, 0.15) is 6.61 Å². The fourth-order valence-corrected chi connectivity index (χ4v) is 8.49. The molecule has 2 unspecified atom stereocenters. The van der Waals surface area contributed by atoms with E-state index in [4.69, 9.17) is 14.2 Å². The topological polar surface area (TPSA) is 99.1 Å². The summed E-state index contributed by atoms with van der Waals surface area (Å²) >= 11 is 0. The average Bonchev–Trinajstić information content (AvgIpc) is 3.31. The van der Waals surface area contributed by atoms with Gasteiger partial charge in [0, 0.05) is 19.3 Å². The Kier molecular flexibility index (Phi) is 49.2. The summed E-state index contributed by atoms with van der Waals surface area (Å²) in [4.78, 5) is 37.3. The number of allylic oxidation sites excluding steroid dienone is 10. The predicted octanol–water partition coefficient (Wildman–Crippen LogP) is 17.3. The smallest absolute Gasteiger partial charge is 0.362 e. The van der Waals surface area contributed by atoms with Crippen LogP contribution in [0.3, 0.4) is 0 Å². The van der Waals surface area contributed by atoms with Crippen LogP contribution in [0.5, 0.6) is 0 Å². The number of carbonyl (C=O) groups excluding carboxylic acids is 2. The molecule has 69 heavy (non-hydrogen) atoms. The summed E-state index contributed by atoms with van der Waals surface area (Å²) < 4.78 is 17.4. The van der Waals surface area contributed by atoms with E-state index in [-0.39, 0.29) is 36.2 Å². The summed E-state index contributed by atoms with van der Waals surface area (Å²) in [6.45, 7) is 4.65. The third kappa shape index (κ3) is 49.8. The van der Waals surface area contributed by atoms with Gasteiger partial charge in [0.25, 0.3) is 0 Å². The van der Waals surface area contributed by atoms with Crippen molar-refractivity contribution in [2.45, 2.75) is 270 Å². The van der Waals surface area contributed by atoms with Gasteiger partial charge in [-0.1, -0.05) is 222 Å². The van der Waals surface area contributed by atoms with Gasteiger partial charge in [-0.15, -0.1) is 0 Å². The first kappa shape index (κ1) is 66.0. The molecule has 0 aromatic rings. The highest BCUT2D eigenvalue weighted by Gasteiger charge is 2.31. The Hall–Kier alpha value is -2.97. The normalized spacial score (nSPS) is 13.2. The quantitative estimate of drug-likeness (QED) is 0.0280. The monoisotopic (exact) mass is 969 g/mol. The number of hydrogen-bond acceptors (Lipinski definition) is 6.